The number of benzene rings is 1. The third kappa shape index (κ3) is 4.28. The Kier molecular flexibility index (Phi) is 4.99. The molecule has 5 nitrogen and oxygen atoms in total. The van der Waals surface area contributed by atoms with Crippen molar-refractivity contribution in [3.63, 3.8) is 0 Å². The van der Waals surface area contributed by atoms with Gasteiger partial charge in [0, 0.05) is 0 Å². The van der Waals surface area contributed by atoms with E-state index in [9.17, 15) is 18.0 Å². The Bertz CT molecular complexity index is 723. The second kappa shape index (κ2) is 6.78. The predicted molar refractivity (Wildman–Crippen MR) is 82.4 cm³/mol. The van der Waals surface area contributed by atoms with Crippen LogP contribution in [0.2, 0.25) is 0 Å². The minimum Gasteiger partial charge on any atom is -0.375 e. The van der Waals surface area contributed by atoms with E-state index in [1.54, 1.807) is 0 Å². The van der Waals surface area contributed by atoms with E-state index in [1.807, 2.05) is 6.92 Å². The number of aromatic nitrogens is 1. The van der Waals surface area contributed by atoms with Gasteiger partial charge in [-0.25, -0.2) is 10.4 Å². The van der Waals surface area contributed by atoms with Gasteiger partial charge < -0.3 is 5.73 Å². The molecule has 0 bridgehead atoms. The molecule has 0 aliphatic carbocycles. The fourth-order valence-electron chi connectivity index (χ4n) is 1.76. The summed E-state index contributed by atoms with van der Waals surface area (Å²) >= 11 is 1.05. The van der Waals surface area contributed by atoms with Crippen LogP contribution < -0.4 is 11.2 Å². The highest BCUT2D eigenvalue weighted by molar-refractivity contribution is 7.17. The number of anilines is 1. The zero-order chi connectivity index (χ0) is 17.0. The number of halogens is 3. The number of nitrogen functional groups attached to an aromatic ring is 1. The normalized spacial score (nSPS) is 11.8. The lowest BCUT2D eigenvalue weighted by atomic mass is 10.1. The number of carbonyl (C=O) groups is 1. The van der Waals surface area contributed by atoms with Gasteiger partial charge in [-0.2, -0.15) is 18.3 Å². The van der Waals surface area contributed by atoms with E-state index >= 15 is 0 Å². The molecule has 23 heavy (non-hydrogen) atoms. The maximum Gasteiger partial charge on any atom is 0.416 e. The Balaban J connectivity index is 2.02. The summed E-state index contributed by atoms with van der Waals surface area (Å²) < 4.78 is 37.3. The summed E-state index contributed by atoms with van der Waals surface area (Å²) in [4.78, 5) is 16.4. The maximum absolute atomic E-state index is 12.4. The Morgan fingerprint density at radius 3 is 2.61 bits per heavy atom. The average Bonchev–Trinajstić information content (AvgIpc) is 2.88. The minimum absolute atomic E-state index is 0.290. The number of amides is 1. The smallest absolute Gasteiger partial charge is 0.375 e. The zero-order valence-electron chi connectivity index (χ0n) is 12.0. The molecule has 0 unspecified atom stereocenters. The van der Waals surface area contributed by atoms with E-state index < -0.39 is 17.6 Å². The van der Waals surface area contributed by atoms with Crippen LogP contribution in [0.4, 0.5) is 18.3 Å². The van der Waals surface area contributed by atoms with Gasteiger partial charge in [0.05, 0.1) is 17.5 Å². The van der Waals surface area contributed by atoms with Crippen LogP contribution in [0.1, 0.15) is 33.4 Å². The molecular weight excluding hydrogens is 329 g/mol. The van der Waals surface area contributed by atoms with Crippen molar-refractivity contribution in [2.45, 2.75) is 19.5 Å². The topological polar surface area (TPSA) is 80.4 Å². The predicted octanol–water partition coefficient (Wildman–Crippen LogP) is 3.07. The van der Waals surface area contributed by atoms with Crippen LogP contribution in [0.25, 0.3) is 0 Å². The summed E-state index contributed by atoms with van der Waals surface area (Å²) in [5.41, 5.74) is 8.13. The van der Waals surface area contributed by atoms with Crippen molar-refractivity contribution in [1.29, 1.82) is 0 Å². The first-order chi connectivity index (χ1) is 10.8. The van der Waals surface area contributed by atoms with Crippen molar-refractivity contribution in [1.82, 2.24) is 10.4 Å². The maximum atomic E-state index is 12.4. The van der Waals surface area contributed by atoms with E-state index in [2.05, 4.69) is 15.5 Å². The molecule has 1 aromatic carbocycles. The van der Waals surface area contributed by atoms with Crippen LogP contribution >= 0.6 is 11.3 Å². The standard InChI is InChI=1S/C14H13F3N4OS/c1-2-10-11(23-13(18)20-10)12(22)21-19-7-8-3-5-9(6-4-8)14(15,16)17/h3-7H,2H2,1H3,(H2,18,20)(H,21,22)/b19-7-. The highest BCUT2D eigenvalue weighted by Gasteiger charge is 2.29. The monoisotopic (exact) mass is 342 g/mol. The fourth-order valence-corrected chi connectivity index (χ4v) is 2.57. The van der Waals surface area contributed by atoms with Crippen molar-refractivity contribution < 1.29 is 18.0 Å². The van der Waals surface area contributed by atoms with Crippen LogP contribution in [0.3, 0.4) is 0 Å². The van der Waals surface area contributed by atoms with Crippen molar-refractivity contribution in [2.75, 3.05) is 5.73 Å². The molecule has 122 valence electrons. The molecule has 0 atom stereocenters. The van der Waals surface area contributed by atoms with Gasteiger partial charge in [0.15, 0.2) is 5.13 Å². The minimum atomic E-state index is -4.38. The van der Waals surface area contributed by atoms with Gasteiger partial charge in [-0.05, 0) is 24.1 Å². The van der Waals surface area contributed by atoms with Gasteiger partial charge in [0.1, 0.15) is 4.88 Å². The van der Waals surface area contributed by atoms with Gasteiger partial charge in [-0.15, -0.1) is 0 Å². The molecular formula is C14H13F3N4OS. The lowest BCUT2D eigenvalue weighted by Crippen LogP contribution is -2.17. The first-order valence-electron chi connectivity index (χ1n) is 6.57. The van der Waals surface area contributed by atoms with E-state index in [-0.39, 0.29) is 0 Å². The molecule has 0 aliphatic rings. The number of hydrogen-bond acceptors (Lipinski definition) is 5. The van der Waals surface area contributed by atoms with Crippen molar-refractivity contribution >= 4 is 28.6 Å². The second-order valence-corrected chi connectivity index (χ2v) is 5.53. The molecule has 0 saturated carbocycles. The van der Waals surface area contributed by atoms with Crippen LogP contribution in [-0.4, -0.2) is 17.1 Å². The highest BCUT2D eigenvalue weighted by atomic mass is 32.1. The van der Waals surface area contributed by atoms with Crippen LogP contribution in [-0.2, 0) is 12.6 Å². The molecule has 0 radical (unpaired) electrons. The Morgan fingerprint density at radius 2 is 2.04 bits per heavy atom. The highest BCUT2D eigenvalue weighted by Crippen LogP contribution is 2.28. The van der Waals surface area contributed by atoms with Gasteiger partial charge in [0.2, 0.25) is 0 Å². The van der Waals surface area contributed by atoms with Crippen molar-refractivity contribution in [3.05, 3.63) is 46.0 Å². The summed E-state index contributed by atoms with van der Waals surface area (Å²) in [6.07, 6.45) is -2.57. The van der Waals surface area contributed by atoms with Crippen LogP contribution in [0.5, 0.6) is 0 Å². The third-order valence-electron chi connectivity index (χ3n) is 2.87. The lowest BCUT2D eigenvalue weighted by molar-refractivity contribution is -0.137. The number of thiazole rings is 1. The summed E-state index contributed by atoms with van der Waals surface area (Å²) in [6, 6.07) is 4.42. The molecule has 9 heteroatoms. The number of rotatable bonds is 4. The molecule has 1 aromatic heterocycles. The SMILES string of the molecule is CCc1nc(N)sc1C(=O)N/N=C\c1ccc(C(F)(F)F)cc1. The number of nitrogens with two attached hydrogens (primary N) is 1. The molecule has 0 fully saturated rings. The number of hydrogen-bond donors (Lipinski definition) is 2. The van der Waals surface area contributed by atoms with Crippen molar-refractivity contribution in [3.8, 4) is 0 Å². The Hall–Kier alpha value is -2.42. The number of alkyl halides is 3. The number of aryl methyl sites for hydroxylation is 1. The fraction of sp³-hybridized carbons (Fsp3) is 0.214. The zero-order valence-corrected chi connectivity index (χ0v) is 12.8. The van der Waals surface area contributed by atoms with E-state index in [0.29, 0.717) is 27.7 Å². The molecule has 2 rings (SSSR count). The molecule has 2 aromatic rings. The molecule has 0 saturated heterocycles. The summed E-state index contributed by atoms with van der Waals surface area (Å²) in [7, 11) is 0. The largest absolute Gasteiger partial charge is 0.416 e. The first-order valence-corrected chi connectivity index (χ1v) is 7.38. The number of carbonyl (C=O) groups excluding carboxylic acids is 1. The van der Waals surface area contributed by atoms with Crippen molar-refractivity contribution in [2.24, 2.45) is 5.10 Å². The third-order valence-corrected chi connectivity index (χ3v) is 3.80. The summed E-state index contributed by atoms with van der Waals surface area (Å²) in [5, 5.41) is 4.02. The first kappa shape index (κ1) is 16.9. The molecule has 3 N–H and O–H groups in total. The molecule has 1 amide bonds. The summed E-state index contributed by atoms with van der Waals surface area (Å²) in [6.45, 7) is 1.84. The number of hydrazone groups is 1. The van der Waals surface area contributed by atoms with E-state index in [1.165, 1.54) is 18.3 Å². The van der Waals surface area contributed by atoms with E-state index in [4.69, 9.17) is 5.73 Å². The van der Waals surface area contributed by atoms with Crippen LogP contribution in [0.15, 0.2) is 29.4 Å². The molecule has 1 heterocycles. The Labute approximate surface area is 134 Å². The Morgan fingerprint density at radius 1 is 1.39 bits per heavy atom. The second-order valence-electron chi connectivity index (χ2n) is 4.50. The molecule has 0 spiro atoms. The van der Waals surface area contributed by atoms with Gasteiger partial charge in [-0.3, -0.25) is 4.79 Å². The van der Waals surface area contributed by atoms with E-state index in [0.717, 1.165) is 23.5 Å². The van der Waals surface area contributed by atoms with Gasteiger partial charge >= 0.3 is 6.18 Å². The average molecular weight is 342 g/mol. The van der Waals surface area contributed by atoms with Crippen LogP contribution in [0, 0.1) is 0 Å². The quantitative estimate of drug-likeness (QED) is 0.662. The van der Waals surface area contributed by atoms with Gasteiger partial charge in [0.25, 0.3) is 5.91 Å². The van der Waals surface area contributed by atoms with Gasteiger partial charge in [-0.1, -0.05) is 30.4 Å². The number of nitrogens with one attached hydrogen (secondary N) is 1. The summed E-state index contributed by atoms with van der Waals surface area (Å²) in [5.74, 6) is -0.459. The molecule has 0 aliphatic heterocycles. The lowest BCUT2D eigenvalue weighted by Gasteiger charge is -2.05. The number of nitrogens with zero attached hydrogens (tertiary/aromatic N) is 2.